The molecule has 1 aromatic rings. The number of carbonyl (C=O) groups excluding carboxylic acids is 3. The minimum absolute atomic E-state index is 0.150. The molecule has 10 heteroatoms. The van der Waals surface area contributed by atoms with E-state index in [-0.39, 0.29) is 24.2 Å². The summed E-state index contributed by atoms with van der Waals surface area (Å²) in [6.07, 6.45) is 0. The molecule has 0 bridgehead atoms. The number of hydrazine groups is 1. The first-order valence-corrected chi connectivity index (χ1v) is 9.60. The van der Waals surface area contributed by atoms with Crippen molar-refractivity contribution in [2.24, 2.45) is 17.6 Å². The van der Waals surface area contributed by atoms with Crippen LogP contribution in [0.1, 0.15) is 34.6 Å². The quantitative estimate of drug-likeness (QED) is 0.248. The number of hydrogen-bond donors (Lipinski definition) is 6. The normalized spacial score (nSPS) is 13.2. The average Bonchev–Trinajstić information content (AvgIpc) is 2.68. The molecule has 10 nitrogen and oxygen atoms in total. The molecule has 1 rings (SSSR count). The molecule has 3 amide bonds. The van der Waals surface area contributed by atoms with E-state index in [1.807, 2.05) is 58.0 Å². The van der Waals surface area contributed by atoms with Crippen LogP contribution in [0.25, 0.3) is 0 Å². The molecule has 0 fully saturated rings. The van der Waals surface area contributed by atoms with Crippen LogP contribution in [-0.2, 0) is 19.2 Å². The van der Waals surface area contributed by atoms with Crippen LogP contribution in [-0.4, -0.2) is 47.4 Å². The van der Waals surface area contributed by atoms with Gasteiger partial charge in [0.25, 0.3) is 12.4 Å². The van der Waals surface area contributed by atoms with E-state index in [1.54, 1.807) is 6.92 Å². The van der Waals surface area contributed by atoms with E-state index >= 15 is 0 Å². The lowest BCUT2D eigenvalue weighted by atomic mass is 9.99. The Labute approximate surface area is 176 Å². The summed E-state index contributed by atoms with van der Waals surface area (Å²) in [6, 6.07) is 6.89. The van der Waals surface area contributed by atoms with Crippen molar-refractivity contribution in [1.29, 1.82) is 0 Å². The van der Waals surface area contributed by atoms with Crippen LogP contribution in [0.4, 0.5) is 5.69 Å². The van der Waals surface area contributed by atoms with Gasteiger partial charge in [0.1, 0.15) is 12.1 Å². The third kappa shape index (κ3) is 9.87. The number of hydrogen-bond acceptors (Lipinski definition) is 6. The van der Waals surface area contributed by atoms with Gasteiger partial charge in [-0.2, -0.15) is 0 Å². The molecule has 3 atom stereocenters. The lowest BCUT2D eigenvalue weighted by Crippen LogP contribution is -2.58. The Morgan fingerprint density at radius 2 is 1.30 bits per heavy atom. The monoisotopic (exact) mass is 423 g/mol. The second-order valence-electron chi connectivity index (χ2n) is 7.33. The summed E-state index contributed by atoms with van der Waals surface area (Å²) in [5, 5.41) is 12.3. The van der Waals surface area contributed by atoms with Crippen molar-refractivity contribution in [2.45, 2.75) is 52.7 Å². The molecule has 0 aromatic heterocycles. The molecule has 0 spiro atoms. The molecule has 1 aromatic carbocycles. The summed E-state index contributed by atoms with van der Waals surface area (Å²) in [4.78, 5) is 45.4. The molecule has 168 valence electrons. The SMILES string of the molecule is CC(C)[C@H](NC(=O)[C@H](C)N)C(=O)N[C@H](C(=O)NNc1ccccc1)C(C)C.O=CO. The smallest absolute Gasteiger partial charge is 0.290 e. The lowest BCUT2D eigenvalue weighted by Gasteiger charge is -2.27. The highest BCUT2D eigenvalue weighted by molar-refractivity contribution is 5.93. The molecule has 30 heavy (non-hydrogen) atoms. The zero-order valence-electron chi connectivity index (χ0n) is 18.0. The molecule has 0 heterocycles. The number of para-hydroxylation sites is 1. The first-order chi connectivity index (χ1) is 14.0. The third-order valence-corrected chi connectivity index (χ3v) is 4.01. The van der Waals surface area contributed by atoms with Gasteiger partial charge in [0.2, 0.25) is 11.8 Å². The molecule has 0 unspecified atom stereocenters. The van der Waals surface area contributed by atoms with Gasteiger partial charge in [0.05, 0.1) is 11.7 Å². The van der Waals surface area contributed by atoms with Gasteiger partial charge < -0.3 is 21.5 Å². The van der Waals surface area contributed by atoms with E-state index in [4.69, 9.17) is 15.6 Å². The number of anilines is 1. The van der Waals surface area contributed by atoms with E-state index in [9.17, 15) is 14.4 Å². The van der Waals surface area contributed by atoms with Crippen LogP contribution < -0.4 is 27.2 Å². The van der Waals surface area contributed by atoms with Gasteiger partial charge >= 0.3 is 0 Å². The Bertz CT molecular complexity index is 679. The Balaban J connectivity index is 0.00000263. The Morgan fingerprint density at radius 3 is 1.73 bits per heavy atom. The second kappa shape index (κ2) is 13.9. The van der Waals surface area contributed by atoms with Gasteiger partial charge in [-0.05, 0) is 30.9 Å². The number of carboxylic acid groups (broad SMARTS) is 1. The first-order valence-electron chi connectivity index (χ1n) is 9.60. The number of carbonyl (C=O) groups is 4. The van der Waals surface area contributed by atoms with Crippen LogP contribution >= 0.6 is 0 Å². The maximum atomic E-state index is 12.7. The first kappa shape index (κ1) is 26.9. The summed E-state index contributed by atoms with van der Waals surface area (Å²) in [5.74, 6) is -1.52. The van der Waals surface area contributed by atoms with Crippen LogP contribution in [0.5, 0.6) is 0 Å². The number of nitrogens with two attached hydrogens (primary N) is 1. The average molecular weight is 424 g/mol. The van der Waals surface area contributed by atoms with E-state index in [0.717, 1.165) is 5.69 Å². The minimum Gasteiger partial charge on any atom is -0.483 e. The topological polar surface area (TPSA) is 163 Å². The maximum Gasteiger partial charge on any atom is 0.290 e. The maximum absolute atomic E-state index is 12.7. The predicted molar refractivity (Wildman–Crippen MR) is 114 cm³/mol. The summed E-state index contributed by atoms with van der Waals surface area (Å²) < 4.78 is 0. The fourth-order valence-corrected chi connectivity index (χ4v) is 2.33. The van der Waals surface area contributed by atoms with E-state index in [1.165, 1.54) is 0 Å². The second-order valence-corrected chi connectivity index (χ2v) is 7.33. The van der Waals surface area contributed by atoms with Gasteiger partial charge in [-0.1, -0.05) is 45.9 Å². The zero-order chi connectivity index (χ0) is 23.3. The van der Waals surface area contributed by atoms with Gasteiger partial charge in [-0.15, -0.1) is 0 Å². The van der Waals surface area contributed by atoms with Crippen molar-refractivity contribution in [3.05, 3.63) is 30.3 Å². The molecule has 0 radical (unpaired) electrons. The standard InChI is InChI=1S/C19H31N5O3.CH2O2/c1-11(2)15(21-17(25)13(5)20)18(26)22-16(12(3)4)19(27)24-23-14-9-7-6-8-10-14;2-1-3/h6-13,15-16,23H,20H2,1-5H3,(H,21,25)(H,22,26)(H,24,27);1H,(H,2,3)/t13-,15-,16-;/m0./s1. The fourth-order valence-electron chi connectivity index (χ4n) is 2.33. The minimum atomic E-state index is -0.778. The Kier molecular flexibility index (Phi) is 12.5. The number of rotatable bonds is 9. The van der Waals surface area contributed by atoms with Crippen LogP contribution in [0.3, 0.4) is 0 Å². The Hall–Kier alpha value is -3.14. The van der Waals surface area contributed by atoms with Crippen LogP contribution in [0.2, 0.25) is 0 Å². The predicted octanol–water partition coefficient (Wildman–Crippen LogP) is 0.459. The van der Waals surface area contributed by atoms with Gasteiger partial charge in [-0.25, -0.2) is 0 Å². The molecule has 0 aliphatic carbocycles. The summed E-state index contributed by atoms with van der Waals surface area (Å²) in [5.41, 5.74) is 11.7. The highest BCUT2D eigenvalue weighted by atomic mass is 16.3. The van der Waals surface area contributed by atoms with Crippen LogP contribution in [0.15, 0.2) is 30.3 Å². The van der Waals surface area contributed by atoms with E-state index in [2.05, 4.69) is 21.5 Å². The molecular weight excluding hydrogens is 390 g/mol. The number of amides is 3. The molecule has 0 aliphatic heterocycles. The third-order valence-electron chi connectivity index (χ3n) is 4.01. The van der Waals surface area contributed by atoms with Crippen molar-refractivity contribution < 1.29 is 24.3 Å². The summed E-state index contributed by atoms with van der Waals surface area (Å²) in [7, 11) is 0. The highest BCUT2D eigenvalue weighted by Crippen LogP contribution is 2.08. The molecule has 0 saturated heterocycles. The Morgan fingerprint density at radius 1 is 0.867 bits per heavy atom. The van der Waals surface area contributed by atoms with Crippen molar-refractivity contribution in [3.63, 3.8) is 0 Å². The van der Waals surface area contributed by atoms with Crippen molar-refractivity contribution in [3.8, 4) is 0 Å². The van der Waals surface area contributed by atoms with E-state index < -0.39 is 29.9 Å². The summed E-state index contributed by atoms with van der Waals surface area (Å²) >= 11 is 0. The van der Waals surface area contributed by atoms with Gasteiger partial charge in [0, 0.05) is 0 Å². The van der Waals surface area contributed by atoms with Gasteiger partial charge in [-0.3, -0.25) is 30.0 Å². The van der Waals surface area contributed by atoms with E-state index in [0.29, 0.717) is 0 Å². The van der Waals surface area contributed by atoms with Crippen molar-refractivity contribution >= 4 is 29.9 Å². The van der Waals surface area contributed by atoms with Crippen molar-refractivity contribution in [1.82, 2.24) is 16.1 Å². The summed E-state index contributed by atoms with van der Waals surface area (Å²) in [6.45, 7) is 8.58. The fraction of sp³-hybridized carbons (Fsp3) is 0.500. The largest absolute Gasteiger partial charge is 0.483 e. The lowest BCUT2D eigenvalue weighted by molar-refractivity contribution is -0.133. The highest BCUT2D eigenvalue weighted by Gasteiger charge is 2.30. The van der Waals surface area contributed by atoms with Gasteiger partial charge in [0.15, 0.2) is 0 Å². The van der Waals surface area contributed by atoms with Crippen LogP contribution in [0, 0.1) is 11.8 Å². The number of nitrogens with one attached hydrogen (secondary N) is 4. The van der Waals surface area contributed by atoms with Crippen molar-refractivity contribution in [2.75, 3.05) is 5.43 Å². The molecule has 0 aliphatic rings. The molecule has 0 saturated carbocycles. The molecule has 7 N–H and O–H groups in total. The number of benzene rings is 1. The zero-order valence-corrected chi connectivity index (χ0v) is 18.0. The molecular formula is C20H33N5O5.